The lowest BCUT2D eigenvalue weighted by Crippen LogP contribution is -2.41. The summed E-state index contributed by atoms with van der Waals surface area (Å²) >= 11 is 0. The number of halogens is 3. The molecular weight excluding hydrogens is 299 g/mol. The molecule has 0 aliphatic rings. The van der Waals surface area contributed by atoms with Crippen LogP contribution in [0.5, 0.6) is 5.75 Å². The van der Waals surface area contributed by atoms with Gasteiger partial charge in [0.2, 0.25) is 0 Å². The van der Waals surface area contributed by atoms with Gasteiger partial charge in [0.15, 0.2) is 0 Å². The lowest BCUT2D eigenvalue weighted by atomic mass is 10.0. The molecule has 1 atom stereocenters. The van der Waals surface area contributed by atoms with Gasteiger partial charge in [0.25, 0.3) is 5.91 Å². The predicted octanol–water partition coefficient (Wildman–Crippen LogP) is 3.86. The number of alkyl halides is 3. The fourth-order valence-electron chi connectivity index (χ4n) is 1.77. The van der Waals surface area contributed by atoms with E-state index in [2.05, 4.69) is 5.32 Å². The van der Waals surface area contributed by atoms with Gasteiger partial charge >= 0.3 is 6.18 Å². The van der Waals surface area contributed by atoms with Crippen LogP contribution in [0.4, 0.5) is 18.9 Å². The number of carbonyl (C=O) groups is 1. The second-order valence-electron chi connectivity index (χ2n) is 4.88. The van der Waals surface area contributed by atoms with Crippen molar-refractivity contribution in [1.82, 2.24) is 0 Å². The van der Waals surface area contributed by atoms with Gasteiger partial charge in [-0.05, 0) is 38.5 Å². The van der Waals surface area contributed by atoms with Gasteiger partial charge < -0.3 is 14.8 Å². The third-order valence-corrected chi connectivity index (χ3v) is 3.45. The van der Waals surface area contributed by atoms with Gasteiger partial charge in [-0.1, -0.05) is 6.92 Å². The average molecular weight is 319 g/mol. The van der Waals surface area contributed by atoms with Crippen LogP contribution < -0.4 is 10.1 Å². The lowest BCUT2D eigenvalue weighted by molar-refractivity contribution is -0.139. The van der Waals surface area contributed by atoms with Crippen LogP contribution in [0, 0.1) is 0 Å². The fraction of sp³-hybridized carbons (Fsp3) is 0.533. The van der Waals surface area contributed by atoms with Crippen molar-refractivity contribution in [2.45, 2.75) is 39.0 Å². The minimum atomic E-state index is -4.57. The van der Waals surface area contributed by atoms with Crippen LogP contribution in [0.25, 0.3) is 0 Å². The molecule has 0 spiro atoms. The van der Waals surface area contributed by atoms with Gasteiger partial charge in [-0.2, -0.15) is 13.2 Å². The van der Waals surface area contributed by atoms with Crippen molar-refractivity contribution in [1.29, 1.82) is 0 Å². The Kier molecular flexibility index (Phi) is 5.82. The highest BCUT2D eigenvalue weighted by molar-refractivity contribution is 5.97. The Morgan fingerprint density at radius 1 is 1.27 bits per heavy atom. The van der Waals surface area contributed by atoms with Crippen molar-refractivity contribution in [3.8, 4) is 5.75 Å². The minimum Gasteiger partial charge on any atom is -0.493 e. The molecule has 0 aliphatic carbocycles. The van der Waals surface area contributed by atoms with Crippen molar-refractivity contribution in [3.05, 3.63) is 23.8 Å². The van der Waals surface area contributed by atoms with E-state index >= 15 is 0 Å². The summed E-state index contributed by atoms with van der Waals surface area (Å²) in [4.78, 5) is 12.1. The highest BCUT2D eigenvalue weighted by Crippen LogP contribution is 2.38. The summed E-state index contributed by atoms with van der Waals surface area (Å²) < 4.78 is 49.2. The van der Waals surface area contributed by atoms with E-state index < -0.39 is 23.2 Å². The number of amides is 1. The Balaban J connectivity index is 3.10. The highest BCUT2D eigenvalue weighted by Gasteiger charge is 2.36. The number of carbonyl (C=O) groups excluding carboxylic acids is 1. The molecule has 0 aromatic heterocycles. The molecule has 0 fully saturated rings. The number of hydrogen-bond donors (Lipinski definition) is 1. The molecular formula is C15H20F3NO3. The van der Waals surface area contributed by atoms with Crippen molar-refractivity contribution < 1.29 is 27.4 Å². The standard InChI is InChI=1S/C15H20F3NO3/c1-5-14(3,21-4)13(20)19-10-7-8-12(22-6-2)11(9-10)15(16,17)18/h7-9H,5-6H2,1-4H3,(H,19,20). The van der Waals surface area contributed by atoms with Crippen LogP contribution in [-0.2, 0) is 15.7 Å². The summed E-state index contributed by atoms with van der Waals surface area (Å²) in [6.45, 7) is 5.04. The Labute approximate surface area is 127 Å². The normalized spacial score (nSPS) is 14.3. The first-order valence-corrected chi connectivity index (χ1v) is 6.88. The molecule has 7 heteroatoms. The third kappa shape index (κ3) is 4.13. The Morgan fingerprint density at radius 2 is 1.91 bits per heavy atom. The molecule has 1 amide bonds. The Hall–Kier alpha value is -1.76. The summed E-state index contributed by atoms with van der Waals surface area (Å²) in [6, 6.07) is 3.41. The summed E-state index contributed by atoms with van der Waals surface area (Å²) in [7, 11) is 1.38. The maximum Gasteiger partial charge on any atom is 0.420 e. The van der Waals surface area contributed by atoms with E-state index in [9.17, 15) is 18.0 Å². The van der Waals surface area contributed by atoms with Gasteiger partial charge in [-0.15, -0.1) is 0 Å². The second kappa shape index (κ2) is 7.00. The van der Waals surface area contributed by atoms with E-state index in [1.54, 1.807) is 20.8 Å². The molecule has 124 valence electrons. The number of hydrogen-bond acceptors (Lipinski definition) is 3. The largest absolute Gasteiger partial charge is 0.493 e. The molecule has 0 saturated carbocycles. The van der Waals surface area contributed by atoms with E-state index in [1.807, 2.05) is 0 Å². The molecule has 0 bridgehead atoms. The van der Waals surface area contributed by atoms with Crippen LogP contribution in [0.3, 0.4) is 0 Å². The fourth-order valence-corrected chi connectivity index (χ4v) is 1.77. The summed E-state index contributed by atoms with van der Waals surface area (Å²) in [5, 5.41) is 2.45. The zero-order chi connectivity index (χ0) is 17.0. The quantitative estimate of drug-likeness (QED) is 0.866. The van der Waals surface area contributed by atoms with Crippen LogP contribution in [-0.4, -0.2) is 25.2 Å². The molecule has 1 aromatic carbocycles. The topological polar surface area (TPSA) is 47.6 Å². The minimum absolute atomic E-state index is 0.0394. The molecule has 1 N–H and O–H groups in total. The molecule has 1 rings (SSSR count). The van der Waals surface area contributed by atoms with Gasteiger partial charge in [0.1, 0.15) is 11.4 Å². The number of methoxy groups -OCH3 is 1. The number of ether oxygens (including phenoxy) is 2. The number of rotatable bonds is 6. The molecule has 0 saturated heterocycles. The summed E-state index contributed by atoms with van der Waals surface area (Å²) in [6.07, 6.45) is -4.18. The zero-order valence-electron chi connectivity index (χ0n) is 13.0. The first-order chi connectivity index (χ1) is 10.2. The highest BCUT2D eigenvalue weighted by atomic mass is 19.4. The van der Waals surface area contributed by atoms with Crippen molar-refractivity contribution >= 4 is 11.6 Å². The van der Waals surface area contributed by atoms with Crippen LogP contribution in [0.1, 0.15) is 32.8 Å². The number of benzene rings is 1. The Bertz CT molecular complexity index is 525. The smallest absolute Gasteiger partial charge is 0.420 e. The van der Waals surface area contributed by atoms with E-state index in [-0.39, 0.29) is 18.0 Å². The molecule has 1 unspecified atom stereocenters. The van der Waals surface area contributed by atoms with Crippen LogP contribution in [0.15, 0.2) is 18.2 Å². The van der Waals surface area contributed by atoms with Crippen molar-refractivity contribution in [3.63, 3.8) is 0 Å². The SMILES string of the molecule is CCOc1ccc(NC(=O)C(C)(CC)OC)cc1C(F)(F)F. The molecule has 0 radical (unpaired) electrons. The second-order valence-corrected chi connectivity index (χ2v) is 4.88. The summed E-state index contributed by atoms with van der Waals surface area (Å²) in [5.74, 6) is -0.771. The van der Waals surface area contributed by atoms with E-state index in [0.29, 0.717) is 6.42 Å². The zero-order valence-corrected chi connectivity index (χ0v) is 13.0. The van der Waals surface area contributed by atoms with Crippen molar-refractivity contribution in [2.75, 3.05) is 19.0 Å². The maximum absolute atomic E-state index is 13.0. The van der Waals surface area contributed by atoms with Crippen molar-refractivity contribution in [2.24, 2.45) is 0 Å². The molecule has 0 heterocycles. The molecule has 1 aromatic rings. The van der Waals surface area contributed by atoms with Gasteiger partial charge in [-0.3, -0.25) is 4.79 Å². The van der Waals surface area contributed by atoms with E-state index in [1.165, 1.54) is 19.2 Å². The third-order valence-electron chi connectivity index (χ3n) is 3.45. The predicted molar refractivity (Wildman–Crippen MR) is 76.9 cm³/mol. The number of anilines is 1. The van der Waals surface area contributed by atoms with Crippen LogP contribution in [0.2, 0.25) is 0 Å². The lowest BCUT2D eigenvalue weighted by Gasteiger charge is -2.25. The van der Waals surface area contributed by atoms with E-state index in [4.69, 9.17) is 9.47 Å². The molecule has 0 aliphatic heterocycles. The van der Waals surface area contributed by atoms with Gasteiger partial charge in [-0.25, -0.2) is 0 Å². The monoisotopic (exact) mass is 319 g/mol. The van der Waals surface area contributed by atoms with Crippen LogP contribution >= 0.6 is 0 Å². The summed E-state index contributed by atoms with van der Waals surface area (Å²) in [5.41, 5.74) is -1.99. The maximum atomic E-state index is 13.0. The first-order valence-electron chi connectivity index (χ1n) is 6.88. The van der Waals surface area contributed by atoms with Gasteiger partial charge in [0.05, 0.1) is 12.2 Å². The van der Waals surface area contributed by atoms with Gasteiger partial charge in [0, 0.05) is 12.8 Å². The van der Waals surface area contributed by atoms with E-state index in [0.717, 1.165) is 6.07 Å². The number of nitrogens with one attached hydrogen (secondary N) is 1. The molecule has 22 heavy (non-hydrogen) atoms. The average Bonchev–Trinajstić information content (AvgIpc) is 2.47. The molecule has 4 nitrogen and oxygen atoms in total. The Morgan fingerprint density at radius 3 is 2.36 bits per heavy atom. The first kappa shape index (κ1) is 18.3.